The van der Waals surface area contributed by atoms with E-state index in [-0.39, 0.29) is 5.91 Å². The molecule has 2 heterocycles. The molecule has 0 spiro atoms. The summed E-state index contributed by atoms with van der Waals surface area (Å²) in [5.74, 6) is 1.01. The average molecular weight is 154 g/mol. The molecule has 0 aromatic rings. The standard InChI is InChI=1S/C8H14N2O/c1-6(11)10-4-7-3-9(2)5-8(7)10/h7-8H,3-5H2,1-2H3. The molecule has 0 bridgehead atoms. The Morgan fingerprint density at radius 1 is 1.36 bits per heavy atom. The topological polar surface area (TPSA) is 23.6 Å². The highest BCUT2D eigenvalue weighted by atomic mass is 16.2. The second kappa shape index (κ2) is 2.21. The van der Waals surface area contributed by atoms with Crippen LogP contribution >= 0.6 is 0 Å². The molecule has 2 fully saturated rings. The Labute approximate surface area is 67.0 Å². The van der Waals surface area contributed by atoms with Gasteiger partial charge in [0, 0.05) is 32.5 Å². The predicted octanol–water partition coefficient (Wildman–Crippen LogP) is -0.221. The van der Waals surface area contributed by atoms with E-state index in [0.29, 0.717) is 6.04 Å². The van der Waals surface area contributed by atoms with Crippen LogP contribution < -0.4 is 0 Å². The van der Waals surface area contributed by atoms with Crippen LogP contribution in [0.25, 0.3) is 0 Å². The number of carbonyl (C=O) groups is 1. The number of likely N-dealkylation sites (tertiary alicyclic amines) is 2. The summed E-state index contributed by atoms with van der Waals surface area (Å²) in [7, 11) is 2.12. The number of nitrogens with zero attached hydrogens (tertiary/aromatic N) is 2. The van der Waals surface area contributed by atoms with Gasteiger partial charge in [0.2, 0.25) is 5.91 Å². The van der Waals surface area contributed by atoms with Crippen molar-refractivity contribution in [2.24, 2.45) is 5.92 Å². The lowest BCUT2D eigenvalue weighted by Crippen LogP contribution is -2.57. The molecule has 3 nitrogen and oxygen atoms in total. The van der Waals surface area contributed by atoms with Crippen LogP contribution in [0.3, 0.4) is 0 Å². The molecule has 0 aliphatic carbocycles. The number of likely N-dealkylation sites (N-methyl/N-ethyl adjacent to an activating group) is 1. The third-order valence-electron chi connectivity index (χ3n) is 2.83. The summed E-state index contributed by atoms with van der Waals surface area (Å²) in [4.78, 5) is 15.3. The maximum atomic E-state index is 11.0. The Kier molecular flexibility index (Phi) is 1.42. The van der Waals surface area contributed by atoms with Crippen LogP contribution in [0, 0.1) is 5.92 Å². The van der Waals surface area contributed by atoms with Gasteiger partial charge < -0.3 is 9.80 Å². The minimum Gasteiger partial charge on any atom is -0.338 e. The van der Waals surface area contributed by atoms with Gasteiger partial charge in [0.1, 0.15) is 0 Å². The second-order valence-corrected chi connectivity index (χ2v) is 3.72. The highest BCUT2D eigenvalue weighted by Gasteiger charge is 2.45. The summed E-state index contributed by atoms with van der Waals surface area (Å²) in [5, 5.41) is 0. The molecular weight excluding hydrogens is 140 g/mol. The van der Waals surface area contributed by atoms with Crippen LogP contribution in [0.2, 0.25) is 0 Å². The lowest BCUT2D eigenvalue weighted by Gasteiger charge is -2.43. The fourth-order valence-electron chi connectivity index (χ4n) is 2.21. The van der Waals surface area contributed by atoms with Crippen molar-refractivity contribution in [2.75, 3.05) is 26.7 Å². The van der Waals surface area contributed by atoms with Crippen LogP contribution in [0.4, 0.5) is 0 Å². The quantitative estimate of drug-likeness (QED) is 0.481. The Bertz CT molecular complexity index is 193. The van der Waals surface area contributed by atoms with E-state index in [9.17, 15) is 4.79 Å². The number of rotatable bonds is 0. The first-order chi connectivity index (χ1) is 5.18. The highest BCUT2D eigenvalue weighted by molar-refractivity contribution is 5.74. The minimum absolute atomic E-state index is 0.238. The zero-order valence-electron chi connectivity index (χ0n) is 7.08. The van der Waals surface area contributed by atoms with Crippen molar-refractivity contribution < 1.29 is 4.79 Å². The van der Waals surface area contributed by atoms with Crippen molar-refractivity contribution in [3.63, 3.8) is 0 Å². The molecule has 2 aliphatic heterocycles. The van der Waals surface area contributed by atoms with Crippen LogP contribution in [-0.4, -0.2) is 48.4 Å². The Balaban J connectivity index is 1.99. The predicted molar refractivity (Wildman–Crippen MR) is 42.2 cm³/mol. The molecular formula is C8H14N2O. The molecule has 62 valence electrons. The van der Waals surface area contributed by atoms with E-state index in [4.69, 9.17) is 0 Å². The monoisotopic (exact) mass is 154 g/mol. The molecule has 0 N–H and O–H groups in total. The molecule has 0 radical (unpaired) electrons. The van der Waals surface area contributed by atoms with Gasteiger partial charge in [-0.2, -0.15) is 0 Å². The van der Waals surface area contributed by atoms with Gasteiger partial charge in [-0.1, -0.05) is 0 Å². The minimum atomic E-state index is 0.238. The van der Waals surface area contributed by atoms with E-state index >= 15 is 0 Å². The second-order valence-electron chi connectivity index (χ2n) is 3.72. The summed E-state index contributed by atoms with van der Waals surface area (Å²) < 4.78 is 0. The summed E-state index contributed by atoms with van der Waals surface area (Å²) in [6.07, 6.45) is 0. The lowest BCUT2D eigenvalue weighted by molar-refractivity contribution is -0.138. The molecule has 0 saturated carbocycles. The van der Waals surface area contributed by atoms with E-state index in [0.717, 1.165) is 19.0 Å². The van der Waals surface area contributed by atoms with Gasteiger partial charge in [-0.3, -0.25) is 4.79 Å². The third-order valence-corrected chi connectivity index (χ3v) is 2.83. The molecule has 2 atom stereocenters. The van der Waals surface area contributed by atoms with Crippen LogP contribution in [0.15, 0.2) is 0 Å². The maximum Gasteiger partial charge on any atom is 0.219 e. The molecule has 2 rings (SSSR count). The van der Waals surface area contributed by atoms with Gasteiger partial charge in [-0.05, 0) is 7.05 Å². The molecule has 0 aromatic carbocycles. The van der Waals surface area contributed by atoms with Crippen molar-refractivity contribution in [1.29, 1.82) is 0 Å². The van der Waals surface area contributed by atoms with E-state index in [1.54, 1.807) is 6.92 Å². The number of amides is 1. The van der Waals surface area contributed by atoms with E-state index in [1.807, 2.05) is 4.90 Å². The summed E-state index contributed by atoms with van der Waals surface area (Å²) in [5.41, 5.74) is 0. The van der Waals surface area contributed by atoms with Gasteiger partial charge in [0.25, 0.3) is 0 Å². The van der Waals surface area contributed by atoms with Crippen molar-refractivity contribution in [1.82, 2.24) is 9.80 Å². The summed E-state index contributed by atoms with van der Waals surface area (Å²) >= 11 is 0. The Morgan fingerprint density at radius 2 is 2.09 bits per heavy atom. The lowest BCUT2D eigenvalue weighted by atomic mass is 9.92. The van der Waals surface area contributed by atoms with Crippen LogP contribution in [0.1, 0.15) is 6.92 Å². The first kappa shape index (κ1) is 7.10. The first-order valence-electron chi connectivity index (χ1n) is 4.14. The zero-order chi connectivity index (χ0) is 8.01. The SMILES string of the molecule is CC(=O)N1CC2CN(C)CC21. The van der Waals surface area contributed by atoms with E-state index in [2.05, 4.69) is 11.9 Å². The number of hydrogen-bond donors (Lipinski definition) is 0. The van der Waals surface area contributed by atoms with Crippen molar-refractivity contribution in [3.05, 3.63) is 0 Å². The fraction of sp³-hybridized carbons (Fsp3) is 0.875. The fourth-order valence-corrected chi connectivity index (χ4v) is 2.21. The third kappa shape index (κ3) is 0.948. The highest BCUT2D eigenvalue weighted by Crippen LogP contribution is 2.31. The van der Waals surface area contributed by atoms with Crippen molar-refractivity contribution in [3.8, 4) is 0 Å². The molecule has 0 aromatic heterocycles. The van der Waals surface area contributed by atoms with E-state index < -0.39 is 0 Å². The van der Waals surface area contributed by atoms with E-state index in [1.165, 1.54) is 6.54 Å². The van der Waals surface area contributed by atoms with Crippen LogP contribution in [-0.2, 0) is 4.79 Å². The molecule has 3 heteroatoms. The molecule has 2 aliphatic rings. The first-order valence-corrected chi connectivity index (χ1v) is 4.14. The van der Waals surface area contributed by atoms with Gasteiger partial charge in [-0.25, -0.2) is 0 Å². The zero-order valence-corrected chi connectivity index (χ0v) is 7.08. The number of carbonyl (C=O) groups excluding carboxylic acids is 1. The summed E-state index contributed by atoms with van der Waals surface area (Å²) in [6.45, 7) is 4.90. The Morgan fingerprint density at radius 3 is 2.64 bits per heavy atom. The smallest absolute Gasteiger partial charge is 0.219 e. The maximum absolute atomic E-state index is 11.0. The molecule has 11 heavy (non-hydrogen) atoms. The molecule has 2 saturated heterocycles. The van der Waals surface area contributed by atoms with Crippen molar-refractivity contribution in [2.45, 2.75) is 13.0 Å². The average Bonchev–Trinajstić information content (AvgIpc) is 2.13. The van der Waals surface area contributed by atoms with Gasteiger partial charge in [0.15, 0.2) is 0 Å². The Hall–Kier alpha value is -0.570. The molecule has 1 amide bonds. The summed E-state index contributed by atoms with van der Waals surface area (Å²) in [6, 6.07) is 0.539. The van der Waals surface area contributed by atoms with Gasteiger partial charge in [-0.15, -0.1) is 0 Å². The van der Waals surface area contributed by atoms with Crippen LogP contribution in [0.5, 0.6) is 0 Å². The molecule has 2 unspecified atom stereocenters. The van der Waals surface area contributed by atoms with Gasteiger partial charge in [0.05, 0.1) is 6.04 Å². The number of hydrogen-bond acceptors (Lipinski definition) is 2. The van der Waals surface area contributed by atoms with Crippen molar-refractivity contribution >= 4 is 5.91 Å². The largest absolute Gasteiger partial charge is 0.338 e. The number of fused-ring (bicyclic) bond motifs is 1. The normalized spacial score (nSPS) is 36.7. The van der Waals surface area contributed by atoms with Gasteiger partial charge >= 0.3 is 0 Å².